The molecule has 21 heavy (non-hydrogen) atoms. The second kappa shape index (κ2) is 7.92. The van der Waals surface area contributed by atoms with E-state index in [0.717, 1.165) is 17.5 Å². The first kappa shape index (κ1) is 16.5. The molecular formula is C16H25NO3S. The highest BCUT2D eigenvalue weighted by molar-refractivity contribution is 7.88. The number of aliphatic hydroxyl groups is 1. The van der Waals surface area contributed by atoms with E-state index in [1.54, 1.807) is 24.3 Å². The van der Waals surface area contributed by atoms with Gasteiger partial charge in [0.25, 0.3) is 0 Å². The summed E-state index contributed by atoms with van der Waals surface area (Å²) in [6.07, 6.45) is 7.33. The van der Waals surface area contributed by atoms with Crippen LogP contribution in [-0.2, 0) is 22.4 Å². The molecule has 4 nitrogen and oxygen atoms in total. The lowest BCUT2D eigenvalue weighted by molar-refractivity contribution is 0.282. The molecule has 0 atom stereocenters. The van der Waals surface area contributed by atoms with Gasteiger partial charge in [-0.2, -0.15) is 0 Å². The van der Waals surface area contributed by atoms with E-state index in [1.807, 2.05) is 0 Å². The molecule has 0 unspecified atom stereocenters. The quantitative estimate of drug-likeness (QED) is 0.813. The van der Waals surface area contributed by atoms with Crippen LogP contribution in [0.4, 0.5) is 0 Å². The van der Waals surface area contributed by atoms with Gasteiger partial charge < -0.3 is 5.11 Å². The first-order valence-corrected chi connectivity index (χ1v) is 9.40. The molecule has 0 heterocycles. The molecule has 2 rings (SSSR count). The summed E-state index contributed by atoms with van der Waals surface area (Å²) in [4.78, 5) is 0. The molecule has 1 aliphatic rings. The average molecular weight is 311 g/mol. The number of aliphatic hydroxyl groups excluding tert-OH is 1. The molecule has 1 fully saturated rings. The Hall–Kier alpha value is -0.910. The van der Waals surface area contributed by atoms with Crippen LogP contribution >= 0.6 is 0 Å². The third-order valence-electron chi connectivity index (χ3n) is 4.16. The molecule has 118 valence electrons. The van der Waals surface area contributed by atoms with E-state index in [1.165, 1.54) is 32.1 Å². The summed E-state index contributed by atoms with van der Waals surface area (Å²) in [7, 11) is -3.27. The largest absolute Gasteiger partial charge is 0.392 e. The fraction of sp³-hybridized carbons (Fsp3) is 0.625. The molecule has 0 bridgehead atoms. The number of hydrogen-bond acceptors (Lipinski definition) is 3. The van der Waals surface area contributed by atoms with Gasteiger partial charge in [0.05, 0.1) is 12.4 Å². The molecular weight excluding hydrogens is 286 g/mol. The van der Waals surface area contributed by atoms with E-state index in [-0.39, 0.29) is 12.4 Å². The SMILES string of the molecule is O=S(=O)(Cc1ccc(CO)cc1)NCCC1CCCCC1. The van der Waals surface area contributed by atoms with Gasteiger partial charge in [0, 0.05) is 6.54 Å². The summed E-state index contributed by atoms with van der Waals surface area (Å²) in [6, 6.07) is 7.03. The van der Waals surface area contributed by atoms with Crippen LogP contribution in [0.2, 0.25) is 0 Å². The van der Waals surface area contributed by atoms with Gasteiger partial charge >= 0.3 is 0 Å². The highest BCUT2D eigenvalue weighted by Crippen LogP contribution is 2.25. The molecule has 1 aromatic rings. The van der Waals surface area contributed by atoms with E-state index >= 15 is 0 Å². The molecule has 1 saturated carbocycles. The van der Waals surface area contributed by atoms with Crippen molar-refractivity contribution < 1.29 is 13.5 Å². The molecule has 5 heteroatoms. The fourth-order valence-corrected chi connectivity index (χ4v) is 4.07. The third kappa shape index (κ3) is 5.77. The maximum absolute atomic E-state index is 12.0. The molecule has 1 aliphatic carbocycles. The zero-order valence-corrected chi connectivity index (χ0v) is 13.2. The summed E-state index contributed by atoms with van der Waals surface area (Å²) in [6.45, 7) is 0.522. The van der Waals surface area contributed by atoms with Gasteiger partial charge in [-0.15, -0.1) is 0 Å². The van der Waals surface area contributed by atoms with Gasteiger partial charge in [0.1, 0.15) is 0 Å². The predicted molar refractivity (Wildman–Crippen MR) is 84.2 cm³/mol. The normalized spacial score (nSPS) is 17.0. The van der Waals surface area contributed by atoms with Crippen LogP contribution in [0.1, 0.15) is 49.7 Å². The van der Waals surface area contributed by atoms with Crippen molar-refractivity contribution in [3.05, 3.63) is 35.4 Å². The lowest BCUT2D eigenvalue weighted by Gasteiger charge is -2.21. The minimum absolute atomic E-state index is 0.00335. The minimum atomic E-state index is -3.27. The summed E-state index contributed by atoms with van der Waals surface area (Å²) < 4.78 is 26.8. The zero-order chi connectivity index (χ0) is 15.1. The predicted octanol–water partition coefficient (Wildman–Crippen LogP) is 2.57. The standard InChI is InChI=1S/C16H25NO3S/c18-12-15-6-8-16(9-7-15)13-21(19,20)17-11-10-14-4-2-1-3-5-14/h6-9,14,17-18H,1-5,10-13H2. The van der Waals surface area contributed by atoms with Crippen molar-refractivity contribution in [2.45, 2.75) is 50.9 Å². The third-order valence-corrected chi connectivity index (χ3v) is 5.52. The van der Waals surface area contributed by atoms with E-state index in [2.05, 4.69) is 4.72 Å². The Morgan fingerprint density at radius 3 is 2.29 bits per heavy atom. The molecule has 1 aromatic carbocycles. The molecule has 2 N–H and O–H groups in total. The van der Waals surface area contributed by atoms with Crippen LogP contribution < -0.4 is 4.72 Å². The van der Waals surface area contributed by atoms with Crippen LogP contribution in [-0.4, -0.2) is 20.1 Å². The molecule has 0 aromatic heterocycles. The Morgan fingerprint density at radius 1 is 1.05 bits per heavy atom. The van der Waals surface area contributed by atoms with Gasteiger partial charge in [-0.1, -0.05) is 56.4 Å². The highest BCUT2D eigenvalue weighted by atomic mass is 32.2. The Kier molecular flexibility index (Phi) is 6.21. The number of nitrogens with one attached hydrogen (secondary N) is 1. The number of rotatable bonds is 7. The van der Waals surface area contributed by atoms with Crippen molar-refractivity contribution in [1.82, 2.24) is 4.72 Å². The van der Waals surface area contributed by atoms with Crippen molar-refractivity contribution in [1.29, 1.82) is 0 Å². The Labute approximate surface area is 127 Å². The van der Waals surface area contributed by atoms with Crippen molar-refractivity contribution in [3.8, 4) is 0 Å². The lowest BCUT2D eigenvalue weighted by Crippen LogP contribution is -2.27. The van der Waals surface area contributed by atoms with Crippen molar-refractivity contribution in [2.24, 2.45) is 5.92 Å². The van der Waals surface area contributed by atoms with Crippen LogP contribution in [0.3, 0.4) is 0 Å². The van der Waals surface area contributed by atoms with Gasteiger partial charge in [0.15, 0.2) is 0 Å². The molecule has 0 amide bonds. The molecule has 0 radical (unpaired) electrons. The summed E-state index contributed by atoms with van der Waals surface area (Å²) in [5.41, 5.74) is 1.54. The van der Waals surface area contributed by atoms with Gasteiger partial charge in [-0.05, 0) is 23.5 Å². The number of benzene rings is 1. The second-order valence-corrected chi connectivity index (χ2v) is 7.73. The van der Waals surface area contributed by atoms with Crippen LogP contribution in [0.25, 0.3) is 0 Å². The zero-order valence-electron chi connectivity index (χ0n) is 12.4. The fourth-order valence-electron chi connectivity index (χ4n) is 2.91. The summed E-state index contributed by atoms with van der Waals surface area (Å²) >= 11 is 0. The second-order valence-electron chi connectivity index (χ2n) is 5.92. The van der Waals surface area contributed by atoms with Crippen molar-refractivity contribution in [2.75, 3.05) is 6.54 Å². The minimum Gasteiger partial charge on any atom is -0.392 e. The molecule has 0 aliphatic heterocycles. The van der Waals surface area contributed by atoms with Gasteiger partial charge in [0.2, 0.25) is 10.0 Å². The number of sulfonamides is 1. The van der Waals surface area contributed by atoms with Crippen LogP contribution in [0.15, 0.2) is 24.3 Å². The van der Waals surface area contributed by atoms with Gasteiger partial charge in [-0.25, -0.2) is 13.1 Å². The maximum atomic E-state index is 12.0. The Morgan fingerprint density at radius 2 is 1.67 bits per heavy atom. The maximum Gasteiger partial charge on any atom is 0.215 e. The number of hydrogen-bond donors (Lipinski definition) is 2. The van der Waals surface area contributed by atoms with Crippen molar-refractivity contribution >= 4 is 10.0 Å². The van der Waals surface area contributed by atoms with E-state index in [0.29, 0.717) is 12.5 Å². The average Bonchev–Trinajstić information content (AvgIpc) is 2.48. The first-order valence-electron chi connectivity index (χ1n) is 7.75. The topological polar surface area (TPSA) is 66.4 Å². The van der Waals surface area contributed by atoms with E-state index in [4.69, 9.17) is 5.11 Å². The van der Waals surface area contributed by atoms with E-state index in [9.17, 15) is 8.42 Å². The molecule has 0 saturated heterocycles. The summed E-state index contributed by atoms with van der Waals surface area (Å²) in [5.74, 6) is 0.689. The Bertz CT molecular complexity index is 519. The molecule has 0 spiro atoms. The Balaban J connectivity index is 1.77. The summed E-state index contributed by atoms with van der Waals surface area (Å²) in [5, 5.41) is 8.97. The van der Waals surface area contributed by atoms with Crippen molar-refractivity contribution in [3.63, 3.8) is 0 Å². The van der Waals surface area contributed by atoms with Crippen LogP contribution in [0.5, 0.6) is 0 Å². The monoisotopic (exact) mass is 311 g/mol. The smallest absolute Gasteiger partial charge is 0.215 e. The first-order chi connectivity index (χ1) is 10.1. The lowest BCUT2D eigenvalue weighted by atomic mass is 9.87. The van der Waals surface area contributed by atoms with E-state index < -0.39 is 10.0 Å². The highest BCUT2D eigenvalue weighted by Gasteiger charge is 2.15. The van der Waals surface area contributed by atoms with Crippen LogP contribution in [0, 0.1) is 5.92 Å². The van der Waals surface area contributed by atoms with Gasteiger partial charge in [-0.3, -0.25) is 0 Å².